The molecule has 0 aromatic heterocycles. The van der Waals surface area contributed by atoms with Crippen LogP contribution in [-0.2, 0) is 6.42 Å². The van der Waals surface area contributed by atoms with Gasteiger partial charge in [0.05, 0.1) is 0 Å². The van der Waals surface area contributed by atoms with Crippen LogP contribution in [-0.4, -0.2) is 24.7 Å². The summed E-state index contributed by atoms with van der Waals surface area (Å²) < 4.78 is 0. The molecule has 2 nitrogen and oxygen atoms in total. The molecule has 2 rings (SSSR count). The highest BCUT2D eigenvalue weighted by Crippen LogP contribution is 2.33. The summed E-state index contributed by atoms with van der Waals surface area (Å²) >= 11 is 0. The SMILES string of the molecule is CC(C)NCC(C)N1c2ccccc2CC1C. The van der Waals surface area contributed by atoms with Crippen molar-refractivity contribution in [1.82, 2.24) is 5.32 Å². The Hall–Kier alpha value is -1.02. The monoisotopic (exact) mass is 232 g/mol. The van der Waals surface area contributed by atoms with Crippen LogP contribution in [0.2, 0.25) is 0 Å². The number of rotatable bonds is 4. The molecule has 0 aliphatic carbocycles. The lowest BCUT2D eigenvalue weighted by Crippen LogP contribution is -2.45. The number of benzene rings is 1. The number of nitrogens with one attached hydrogen (secondary N) is 1. The molecule has 0 saturated carbocycles. The van der Waals surface area contributed by atoms with E-state index in [2.05, 4.69) is 62.2 Å². The molecule has 1 aliphatic heterocycles. The molecular formula is C15H24N2. The number of anilines is 1. The Bertz CT molecular complexity index is 373. The molecule has 1 aromatic rings. The molecule has 1 heterocycles. The van der Waals surface area contributed by atoms with Gasteiger partial charge in [-0.3, -0.25) is 0 Å². The van der Waals surface area contributed by atoms with Crippen LogP contribution < -0.4 is 10.2 Å². The second-order valence-electron chi connectivity index (χ2n) is 5.50. The predicted molar refractivity (Wildman–Crippen MR) is 74.7 cm³/mol. The second-order valence-corrected chi connectivity index (χ2v) is 5.50. The molecule has 0 fully saturated rings. The third kappa shape index (κ3) is 2.63. The normalized spacial score (nSPS) is 20.8. The molecule has 0 radical (unpaired) electrons. The molecule has 0 amide bonds. The molecule has 0 spiro atoms. The third-order valence-corrected chi connectivity index (χ3v) is 3.56. The Morgan fingerprint density at radius 3 is 2.71 bits per heavy atom. The van der Waals surface area contributed by atoms with Crippen molar-refractivity contribution in [3.05, 3.63) is 29.8 Å². The van der Waals surface area contributed by atoms with E-state index in [1.165, 1.54) is 17.7 Å². The molecule has 0 saturated heterocycles. The van der Waals surface area contributed by atoms with Crippen LogP contribution in [0.15, 0.2) is 24.3 Å². The molecule has 1 N–H and O–H groups in total. The van der Waals surface area contributed by atoms with E-state index in [1.54, 1.807) is 0 Å². The quantitative estimate of drug-likeness (QED) is 0.858. The van der Waals surface area contributed by atoms with E-state index in [-0.39, 0.29) is 0 Å². The van der Waals surface area contributed by atoms with Gasteiger partial charge in [-0.15, -0.1) is 0 Å². The van der Waals surface area contributed by atoms with Crippen LogP contribution in [0, 0.1) is 0 Å². The fourth-order valence-corrected chi connectivity index (χ4v) is 2.77. The van der Waals surface area contributed by atoms with E-state index in [0.29, 0.717) is 18.1 Å². The summed E-state index contributed by atoms with van der Waals surface area (Å²) in [5.74, 6) is 0. The first-order chi connectivity index (χ1) is 8.09. The first kappa shape index (κ1) is 12.4. The zero-order valence-corrected chi connectivity index (χ0v) is 11.4. The van der Waals surface area contributed by atoms with Crippen LogP contribution >= 0.6 is 0 Å². The zero-order chi connectivity index (χ0) is 12.4. The first-order valence-corrected chi connectivity index (χ1v) is 6.69. The minimum atomic E-state index is 0.552. The van der Waals surface area contributed by atoms with Gasteiger partial charge in [0.15, 0.2) is 0 Å². The minimum Gasteiger partial charge on any atom is -0.364 e. The number of fused-ring (bicyclic) bond motifs is 1. The first-order valence-electron chi connectivity index (χ1n) is 6.69. The van der Waals surface area contributed by atoms with Crippen molar-refractivity contribution in [2.75, 3.05) is 11.4 Å². The Balaban J connectivity index is 2.10. The molecule has 1 aliphatic rings. The van der Waals surface area contributed by atoms with E-state index >= 15 is 0 Å². The zero-order valence-electron chi connectivity index (χ0n) is 11.4. The summed E-state index contributed by atoms with van der Waals surface area (Å²) in [5, 5.41) is 3.53. The summed E-state index contributed by atoms with van der Waals surface area (Å²) in [5.41, 5.74) is 2.93. The van der Waals surface area contributed by atoms with Gasteiger partial charge in [-0.25, -0.2) is 0 Å². The predicted octanol–water partition coefficient (Wildman–Crippen LogP) is 2.82. The number of hydrogen-bond donors (Lipinski definition) is 1. The molecule has 17 heavy (non-hydrogen) atoms. The van der Waals surface area contributed by atoms with Crippen molar-refractivity contribution in [2.45, 2.75) is 52.2 Å². The van der Waals surface area contributed by atoms with Crippen molar-refractivity contribution < 1.29 is 0 Å². The van der Waals surface area contributed by atoms with Gasteiger partial charge in [-0.1, -0.05) is 32.0 Å². The van der Waals surface area contributed by atoms with Gasteiger partial charge in [0.2, 0.25) is 0 Å². The maximum Gasteiger partial charge on any atom is 0.0404 e. The van der Waals surface area contributed by atoms with Crippen molar-refractivity contribution in [3.8, 4) is 0 Å². The highest BCUT2D eigenvalue weighted by molar-refractivity contribution is 5.59. The summed E-state index contributed by atoms with van der Waals surface area (Å²) in [4.78, 5) is 2.56. The van der Waals surface area contributed by atoms with Crippen LogP contribution in [0.5, 0.6) is 0 Å². The van der Waals surface area contributed by atoms with Gasteiger partial charge in [0.1, 0.15) is 0 Å². The van der Waals surface area contributed by atoms with Crippen molar-refractivity contribution in [3.63, 3.8) is 0 Å². The molecular weight excluding hydrogens is 208 g/mol. The minimum absolute atomic E-state index is 0.552. The highest BCUT2D eigenvalue weighted by atomic mass is 15.2. The van der Waals surface area contributed by atoms with Crippen LogP contribution in [0.1, 0.15) is 33.3 Å². The molecule has 94 valence electrons. The van der Waals surface area contributed by atoms with E-state index < -0.39 is 0 Å². The lowest BCUT2D eigenvalue weighted by Gasteiger charge is -2.32. The van der Waals surface area contributed by atoms with Crippen LogP contribution in [0.3, 0.4) is 0 Å². The Morgan fingerprint density at radius 2 is 2.00 bits per heavy atom. The van der Waals surface area contributed by atoms with Gasteiger partial charge in [-0.05, 0) is 31.9 Å². The summed E-state index contributed by atoms with van der Waals surface area (Å²) in [6.45, 7) is 10.1. The summed E-state index contributed by atoms with van der Waals surface area (Å²) in [6.07, 6.45) is 1.18. The molecule has 2 unspecified atom stereocenters. The Labute approximate surface area is 105 Å². The van der Waals surface area contributed by atoms with Gasteiger partial charge in [-0.2, -0.15) is 0 Å². The smallest absolute Gasteiger partial charge is 0.0404 e. The fraction of sp³-hybridized carbons (Fsp3) is 0.600. The highest BCUT2D eigenvalue weighted by Gasteiger charge is 2.28. The molecule has 2 atom stereocenters. The second kappa shape index (κ2) is 5.09. The van der Waals surface area contributed by atoms with Crippen molar-refractivity contribution in [2.24, 2.45) is 0 Å². The average molecular weight is 232 g/mol. The van der Waals surface area contributed by atoms with Gasteiger partial charge < -0.3 is 10.2 Å². The molecule has 1 aromatic carbocycles. The molecule has 0 bridgehead atoms. The standard InChI is InChI=1S/C15H24N2/c1-11(2)16-10-13(4)17-12(3)9-14-7-5-6-8-15(14)17/h5-8,11-13,16H,9-10H2,1-4H3. The van der Waals surface area contributed by atoms with Crippen LogP contribution in [0.4, 0.5) is 5.69 Å². The Kier molecular flexibility index (Phi) is 3.72. The fourth-order valence-electron chi connectivity index (χ4n) is 2.77. The largest absolute Gasteiger partial charge is 0.364 e. The van der Waals surface area contributed by atoms with E-state index in [0.717, 1.165) is 6.54 Å². The summed E-state index contributed by atoms with van der Waals surface area (Å²) in [6, 6.07) is 10.5. The Morgan fingerprint density at radius 1 is 1.29 bits per heavy atom. The lowest BCUT2D eigenvalue weighted by molar-refractivity contribution is 0.497. The van der Waals surface area contributed by atoms with E-state index in [9.17, 15) is 0 Å². The summed E-state index contributed by atoms with van der Waals surface area (Å²) in [7, 11) is 0. The van der Waals surface area contributed by atoms with Gasteiger partial charge in [0.25, 0.3) is 0 Å². The maximum absolute atomic E-state index is 3.53. The van der Waals surface area contributed by atoms with Crippen molar-refractivity contribution >= 4 is 5.69 Å². The molecule has 2 heteroatoms. The van der Waals surface area contributed by atoms with E-state index in [4.69, 9.17) is 0 Å². The number of hydrogen-bond acceptors (Lipinski definition) is 2. The van der Waals surface area contributed by atoms with E-state index in [1.807, 2.05) is 0 Å². The van der Waals surface area contributed by atoms with Crippen LogP contribution in [0.25, 0.3) is 0 Å². The maximum atomic E-state index is 3.53. The number of para-hydroxylation sites is 1. The van der Waals surface area contributed by atoms with Gasteiger partial charge >= 0.3 is 0 Å². The van der Waals surface area contributed by atoms with Crippen molar-refractivity contribution in [1.29, 1.82) is 0 Å². The topological polar surface area (TPSA) is 15.3 Å². The average Bonchev–Trinajstić information content (AvgIpc) is 2.61. The third-order valence-electron chi connectivity index (χ3n) is 3.56. The lowest BCUT2D eigenvalue weighted by atomic mass is 10.1. The number of nitrogens with zero attached hydrogens (tertiary/aromatic N) is 1. The van der Waals surface area contributed by atoms with Gasteiger partial charge in [0, 0.05) is 30.4 Å².